The summed E-state index contributed by atoms with van der Waals surface area (Å²) in [6.07, 6.45) is 2.51. The second-order valence-electron chi connectivity index (χ2n) is 5.28. The standard InChI is InChI=1S/C14H22N4S/c1-3-15-12-10(2)14(18-6-8-19-9-7-18)17-13(16-12)11-4-5-11/h11H,3-9H2,1-2H3,(H,15,16,17). The minimum atomic E-state index is 0.607. The van der Waals surface area contributed by atoms with Crippen molar-refractivity contribution in [2.75, 3.05) is 41.4 Å². The fourth-order valence-electron chi connectivity index (χ4n) is 2.47. The van der Waals surface area contributed by atoms with Crippen LogP contribution in [0.2, 0.25) is 0 Å². The van der Waals surface area contributed by atoms with Crippen molar-refractivity contribution >= 4 is 23.4 Å². The summed E-state index contributed by atoms with van der Waals surface area (Å²) >= 11 is 2.04. The first-order chi connectivity index (χ1) is 9.29. The smallest absolute Gasteiger partial charge is 0.137 e. The molecule has 5 heteroatoms. The molecule has 1 aliphatic heterocycles. The van der Waals surface area contributed by atoms with Crippen LogP contribution in [0.1, 0.15) is 37.1 Å². The molecular weight excluding hydrogens is 256 g/mol. The second kappa shape index (κ2) is 5.57. The van der Waals surface area contributed by atoms with Gasteiger partial charge in [-0.1, -0.05) is 0 Å². The Morgan fingerprint density at radius 2 is 2.00 bits per heavy atom. The Balaban J connectivity index is 1.95. The highest BCUT2D eigenvalue weighted by Gasteiger charge is 2.29. The van der Waals surface area contributed by atoms with Gasteiger partial charge in [0.25, 0.3) is 0 Å². The van der Waals surface area contributed by atoms with Gasteiger partial charge in [0, 0.05) is 42.6 Å². The maximum absolute atomic E-state index is 4.87. The molecule has 0 bridgehead atoms. The molecule has 1 aromatic heterocycles. The van der Waals surface area contributed by atoms with Gasteiger partial charge in [0.05, 0.1) is 0 Å². The van der Waals surface area contributed by atoms with Crippen LogP contribution < -0.4 is 10.2 Å². The van der Waals surface area contributed by atoms with Gasteiger partial charge in [-0.25, -0.2) is 9.97 Å². The summed E-state index contributed by atoms with van der Waals surface area (Å²) in [6, 6.07) is 0. The summed E-state index contributed by atoms with van der Waals surface area (Å²) in [6.45, 7) is 7.40. The molecule has 4 nitrogen and oxygen atoms in total. The number of hydrogen-bond donors (Lipinski definition) is 1. The van der Waals surface area contributed by atoms with Gasteiger partial charge in [0.1, 0.15) is 17.5 Å². The lowest BCUT2D eigenvalue weighted by Gasteiger charge is -2.29. The zero-order valence-corrected chi connectivity index (χ0v) is 12.6. The lowest BCUT2D eigenvalue weighted by atomic mass is 10.2. The van der Waals surface area contributed by atoms with Crippen molar-refractivity contribution in [1.29, 1.82) is 0 Å². The number of anilines is 2. The molecule has 104 valence electrons. The number of nitrogens with zero attached hydrogens (tertiary/aromatic N) is 3. The predicted molar refractivity (Wildman–Crippen MR) is 82.4 cm³/mol. The fourth-order valence-corrected chi connectivity index (χ4v) is 3.37. The Hall–Kier alpha value is -0.970. The molecule has 2 fully saturated rings. The third-order valence-electron chi connectivity index (χ3n) is 3.73. The molecule has 0 spiro atoms. The molecule has 0 aromatic carbocycles. The minimum Gasteiger partial charge on any atom is -0.370 e. The van der Waals surface area contributed by atoms with Crippen molar-refractivity contribution in [3.8, 4) is 0 Å². The van der Waals surface area contributed by atoms with Crippen LogP contribution in [0.3, 0.4) is 0 Å². The molecule has 1 saturated heterocycles. The van der Waals surface area contributed by atoms with Crippen LogP contribution in [0, 0.1) is 6.92 Å². The molecular formula is C14H22N4S. The van der Waals surface area contributed by atoms with Crippen LogP contribution in [-0.2, 0) is 0 Å². The van der Waals surface area contributed by atoms with Crippen molar-refractivity contribution in [2.24, 2.45) is 0 Å². The van der Waals surface area contributed by atoms with E-state index in [1.165, 1.54) is 29.9 Å². The SMILES string of the molecule is CCNc1nc(C2CC2)nc(N2CCSCC2)c1C. The molecule has 19 heavy (non-hydrogen) atoms. The normalized spacial score (nSPS) is 19.6. The van der Waals surface area contributed by atoms with E-state index in [-0.39, 0.29) is 0 Å². The van der Waals surface area contributed by atoms with Crippen molar-refractivity contribution in [1.82, 2.24) is 9.97 Å². The first kappa shape index (κ1) is 13.0. The highest BCUT2D eigenvalue weighted by molar-refractivity contribution is 7.99. The summed E-state index contributed by atoms with van der Waals surface area (Å²) in [7, 11) is 0. The van der Waals surface area contributed by atoms with E-state index in [4.69, 9.17) is 9.97 Å². The van der Waals surface area contributed by atoms with Crippen molar-refractivity contribution < 1.29 is 0 Å². The topological polar surface area (TPSA) is 41.1 Å². The molecule has 1 aliphatic carbocycles. The van der Waals surface area contributed by atoms with Crippen LogP contribution in [0.25, 0.3) is 0 Å². The Bertz CT molecular complexity index is 453. The quantitative estimate of drug-likeness (QED) is 0.917. The van der Waals surface area contributed by atoms with Gasteiger partial charge >= 0.3 is 0 Å². The molecule has 3 rings (SSSR count). The van der Waals surface area contributed by atoms with Gasteiger partial charge in [-0.15, -0.1) is 0 Å². The van der Waals surface area contributed by atoms with E-state index < -0.39 is 0 Å². The van der Waals surface area contributed by atoms with E-state index in [0.717, 1.165) is 37.1 Å². The van der Waals surface area contributed by atoms with Gasteiger partial charge in [0.2, 0.25) is 0 Å². The van der Waals surface area contributed by atoms with Gasteiger partial charge in [-0.05, 0) is 26.7 Å². The van der Waals surface area contributed by atoms with E-state index in [0.29, 0.717) is 5.92 Å². The average molecular weight is 278 g/mol. The largest absolute Gasteiger partial charge is 0.370 e. The summed E-state index contributed by atoms with van der Waals surface area (Å²) in [5.74, 6) is 6.27. The second-order valence-corrected chi connectivity index (χ2v) is 6.51. The molecule has 0 amide bonds. The molecule has 1 N–H and O–H groups in total. The first-order valence-electron chi connectivity index (χ1n) is 7.24. The fraction of sp³-hybridized carbons (Fsp3) is 0.714. The van der Waals surface area contributed by atoms with Gasteiger partial charge in [0.15, 0.2) is 0 Å². The summed E-state index contributed by atoms with van der Waals surface area (Å²) in [5, 5.41) is 3.40. The van der Waals surface area contributed by atoms with Crippen molar-refractivity contribution in [3.63, 3.8) is 0 Å². The van der Waals surface area contributed by atoms with Crippen LogP contribution in [0.5, 0.6) is 0 Å². The van der Waals surface area contributed by atoms with Crippen molar-refractivity contribution in [2.45, 2.75) is 32.6 Å². The van der Waals surface area contributed by atoms with Gasteiger partial charge in [-0.2, -0.15) is 11.8 Å². The molecule has 2 heterocycles. The van der Waals surface area contributed by atoms with E-state index in [1.807, 2.05) is 11.8 Å². The van der Waals surface area contributed by atoms with Crippen LogP contribution >= 0.6 is 11.8 Å². The summed E-state index contributed by atoms with van der Waals surface area (Å²) < 4.78 is 0. The van der Waals surface area contributed by atoms with Crippen LogP contribution in [-0.4, -0.2) is 41.1 Å². The van der Waals surface area contributed by atoms with Crippen LogP contribution in [0.4, 0.5) is 11.6 Å². The molecule has 0 radical (unpaired) electrons. The third kappa shape index (κ3) is 2.81. The average Bonchev–Trinajstić information content (AvgIpc) is 3.27. The molecule has 1 saturated carbocycles. The monoisotopic (exact) mass is 278 g/mol. The highest BCUT2D eigenvalue weighted by Crippen LogP contribution is 2.40. The lowest BCUT2D eigenvalue weighted by molar-refractivity contribution is 0.808. The predicted octanol–water partition coefficient (Wildman–Crippen LogP) is 2.65. The zero-order chi connectivity index (χ0) is 13.2. The van der Waals surface area contributed by atoms with E-state index in [1.54, 1.807) is 0 Å². The number of nitrogens with one attached hydrogen (secondary N) is 1. The molecule has 0 atom stereocenters. The van der Waals surface area contributed by atoms with E-state index in [2.05, 4.69) is 24.1 Å². The first-order valence-corrected chi connectivity index (χ1v) is 8.40. The molecule has 1 aromatic rings. The van der Waals surface area contributed by atoms with E-state index in [9.17, 15) is 0 Å². The highest BCUT2D eigenvalue weighted by atomic mass is 32.2. The summed E-state index contributed by atoms with van der Waals surface area (Å²) in [5.41, 5.74) is 1.21. The van der Waals surface area contributed by atoms with Gasteiger partial charge < -0.3 is 10.2 Å². The Morgan fingerprint density at radius 3 is 2.63 bits per heavy atom. The number of thioether (sulfide) groups is 1. The number of hydrogen-bond acceptors (Lipinski definition) is 5. The Labute approximate surface area is 119 Å². The Morgan fingerprint density at radius 1 is 1.26 bits per heavy atom. The van der Waals surface area contributed by atoms with Gasteiger partial charge in [-0.3, -0.25) is 0 Å². The number of aromatic nitrogens is 2. The zero-order valence-electron chi connectivity index (χ0n) is 11.8. The minimum absolute atomic E-state index is 0.607. The maximum atomic E-state index is 4.87. The summed E-state index contributed by atoms with van der Waals surface area (Å²) in [4.78, 5) is 12.0. The molecule has 2 aliphatic rings. The Kier molecular flexibility index (Phi) is 3.82. The lowest BCUT2D eigenvalue weighted by Crippen LogP contribution is -2.34. The van der Waals surface area contributed by atoms with Crippen LogP contribution in [0.15, 0.2) is 0 Å². The number of rotatable bonds is 4. The van der Waals surface area contributed by atoms with Crippen molar-refractivity contribution in [3.05, 3.63) is 11.4 Å². The maximum Gasteiger partial charge on any atom is 0.137 e. The molecule has 0 unspecified atom stereocenters. The van der Waals surface area contributed by atoms with E-state index >= 15 is 0 Å². The third-order valence-corrected chi connectivity index (χ3v) is 4.68.